The molecule has 0 bridgehead atoms. The van der Waals surface area contributed by atoms with Gasteiger partial charge in [0.1, 0.15) is 5.76 Å². The Hall–Kier alpha value is -2.94. The quantitative estimate of drug-likeness (QED) is 0.441. The zero-order valence-electron chi connectivity index (χ0n) is 13.4. The lowest BCUT2D eigenvalue weighted by Crippen LogP contribution is -1.80. The van der Waals surface area contributed by atoms with Crippen LogP contribution >= 0.6 is 23.4 Å². The van der Waals surface area contributed by atoms with Crippen LogP contribution in [-0.2, 0) is 0 Å². The molecule has 1 N–H and O–H groups in total. The van der Waals surface area contributed by atoms with Gasteiger partial charge in [-0.1, -0.05) is 35.9 Å². The second-order valence-electron chi connectivity index (χ2n) is 5.49. The van der Waals surface area contributed by atoms with Crippen molar-refractivity contribution in [3.8, 4) is 6.07 Å². The number of aromatic nitrogens is 2. The number of H-pyrrole nitrogens is 1. The summed E-state index contributed by atoms with van der Waals surface area (Å²) >= 11 is 7.30. The Balaban J connectivity index is 1.57. The maximum atomic E-state index is 9.42. The summed E-state index contributed by atoms with van der Waals surface area (Å²) in [5.41, 5.74) is 3.20. The molecule has 4 aromatic rings. The van der Waals surface area contributed by atoms with Crippen molar-refractivity contribution in [1.82, 2.24) is 9.97 Å². The Kier molecular flexibility index (Phi) is 4.53. The lowest BCUT2D eigenvalue weighted by atomic mass is 10.1. The Morgan fingerprint density at radius 2 is 1.92 bits per heavy atom. The maximum Gasteiger partial charge on any atom is 0.174 e. The van der Waals surface area contributed by atoms with Crippen LogP contribution < -0.4 is 0 Å². The van der Waals surface area contributed by atoms with Crippen molar-refractivity contribution >= 4 is 46.0 Å². The van der Waals surface area contributed by atoms with E-state index in [9.17, 15) is 5.26 Å². The number of halogens is 1. The summed E-state index contributed by atoms with van der Waals surface area (Å²) in [4.78, 5) is 7.77. The van der Waals surface area contributed by atoms with Gasteiger partial charge >= 0.3 is 0 Å². The van der Waals surface area contributed by atoms with Gasteiger partial charge in [-0.05, 0) is 59.8 Å². The topological polar surface area (TPSA) is 65.6 Å². The van der Waals surface area contributed by atoms with E-state index in [0.717, 1.165) is 21.8 Å². The smallest absolute Gasteiger partial charge is 0.174 e. The van der Waals surface area contributed by atoms with Crippen molar-refractivity contribution in [3.05, 3.63) is 77.0 Å². The minimum atomic E-state index is 0.510. The molecule has 0 aliphatic rings. The number of imidazole rings is 1. The van der Waals surface area contributed by atoms with Crippen molar-refractivity contribution in [2.45, 2.75) is 10.2 Å². The van der Waals surface area contributed by atoms with Gasteiger partial charge < -0.3 is 9.40 Å². The summed E-state index contributed by atoms with van der Waals surface area (Å²) in [6.07, 6.45) is 1.71. The van der Waals surface area contributed by atoms with Crippen LogP contribution in [0.3, 0.4) is 0 Å². The molecule has 0 fully saturated rings. The fourth-order valence-electron chi connectivity index (χ4n) is 2.49. The van der Waals surface area contributed by atoms with Gasteiger partial charge in [-0.25, -0.2) is 4.98 Å². The first-order valence-corrected chi connectivity index (χ1v) is 9.01. The van der Waals surface area contributed by atoms with Crippen LogP contribution in [-0.4, -0.2) is 9.97 Å². The number of benzene rings is 2. The highest BCUT2D eigenvalue weighted by molar-refractivity contribution is 7.99. The van der Waals surface area contributed by atoms with E-state index in [1.165, 1.54) is 11.8 Å². The lowest BCUT2D eigenvalue weighted by molar-refractivity contribution is 0.466. The van der Waals surface area contributed by atoms with Crippen LogP contribution in [0.2, 0.25) is 5.02 Å². The number of para-hydroxylation sites is 2. The molecule has 2 aromatic heterocycles. The minimum Gasteiger partial charge on any atom is -0.450 e. The molecule has 4 rings (SSSR count). The third kappa shape index (κ3) is 3.52. The van der Waals surface area contributed by atoms with Crippen molar-refractivity contribution in [2.24, 2.45) is 0 Å². The summed E-state index contributed by atoms with van der Waals surface area (Å²) in [6, 6.07) is 20.9. The SMILES string of the molecule is N#C/C(=C/c1ccc(Sc2nc3ccccc3[nH]2)o1)c1ccc(Cl)cc1. The Bertz CT molecular complexity index is 1100. The molecule has 26 heavy (non-hydrogen) atoms. The molecule has 0 radical (unpaired) electrons. The highest BCUT2D eigenvalue weighted by Crippen LogP contribution is 2.30. The van der Waals surface area contributed by atoms with Gasteiger partial charge in [-0.3, -0.25) is 0 Å². The fraction of sp³-hybridized carbons (Fsp3) is 0. The number of nitrogens with zero attached hydrogens (tertiary/aromatic N) is 2. The van der Waals surface area contributed by atoms with Gasteiger partial charge in [-0.2, -0.15) is 5.26 Å². The molecule has 126 valence electrons. The number of rotatable bonds is 4. The van der Waals surface area contributed by atoms with Crippen LogP contribution in [0, 0.1) is 11.3 Å². The van der Waals surface area contributed by atoms with E-state index in [1.807, 2.05) is 48.5 Å². The van der Waals surface area contributed by atoms with Gasteiger partial charge in [0.25, 0.3) is 0 Å². The van der Waals surface area contributed by atoms with Crippen LogP contribution in [0.4, 0.5) is 0 Å². The molecular formula is C20H12ClN3OS. The van der Waals surface area contributed by atoms with Crippen molar-refractivity contribution in [2.75, 3.05) is 0 Å². The van der Waals surface area contributed by atoms with Gasteiger partial charge in [0.05, 0.1) is 22.7 Å². The van der Waals surface area contributed by atoms with E-state index in [4.69, 9.17) is 16.0 Å². The number of hydrogen-bond donors (Lipinski definition) is 1. The third-order valence-corrected chi connectivity index (χ3v) is 4.79. The summed E-state index contributed by atoms with van der Waals surface area (Å²) in [5, 5.41) is 11.5. The molecule has 0 atom stereocenters. The molecular weight excluding hydrogens is 366 g/mol. The average molecular weight is 378 g/mol. The van der Waals surface area contributed by atoms with E-state index < -0.39 is 0 Å². The molecule has 0 saturated heterocycles. The van der Waals surface area contributed by atoms with Crippen molar-refractivity contribution in [3.63, 3.8) is 0 Å². The summed E-state index contributed by atoms with van der Waals surface area (Å²) in [6.45, 7) is 0. The second-order valence-corrected chi connectivity index (χ2v) is 6.92. The van der Waals surface area contributed by atoms with Gasteiger partial charge in [0, 0.05) is 5.02 Å². The summed E-state index contributed by atoms with van der Waals surface area (Å²) in [7, 11) is 0. The number of fused-ring (bicyclic) bond motifs is 1. The zero-order valence-corrected chi connectivity index (χ0v) is 15.0. The number of nitriles is 1. The van der Waals surface area contributed by atoms with E-state index in [-0.39, 0.29) is 0 Å². The fourth-order valence-corrected chi connectivity index (χ4v) is 3.39. The molecule has 0 saturated carbocycles. The molecule has 2 heterocycles. The molecule has 6 heteroatoms. The lowest BCUT2D eigenvalue weighted by Gasteiger charge is -1.98. The van der Waals surface area contributed by atoms with Crippen LogP contribution in [0.5, 0.6) is 0 Å². The van der Waals surface area contributed by atoms with E-state index in [1.54, 1.807) is 18.2 Å². The molecule has 0 aliphatic heterocycles. The summed E-state index contributed by atoms with van der Waals surface area (Å²) in [5.74, 6) is 0.607. The van der Waals surface area contributed by atoms with E-state index in [2.05, 4.69) is 16.0 Å². The van der Waals surface area contributed by atoms with Gasteiger partial charge in [0.2, 0.25) is 0 Å². The molecule has 2 aromatic carbocycles. The zero-order chi connectivity index (χ0) is 17.9. The van der Waals surface area contributed by atoms with Crippen molar-refractivity contribution < 1.29 is 4.42 Å². The largest absolute Gasteiger partial charge is 0.450 e. The Labute approximate surface area is 159 Å². The monoisotopic (exact) mass is 377 g/mol. The molecule has 0 amide bonds. The number of furan rings is 1. The highest BCUT2D eigenvalue weighted by atomic mass is 35.5. The van der Waals surface area contributed by atoms with Crippen LogP contribution in [0.25, 0.3) is 22.7 Å². The molecule has 0 spiro atoms. The van der Waals surface area contributed by atoms with Gasteiger partial charge in [-0.15, -0.1) is 0 Å². The van der Waals surface area contributed by atoms with Crippen LogP contribution in [0.1, 0.15) is 11.3 Å². The first kappa shape index (κ1) is 16.5. The highest BCUT2D eigenvalue weighted by Gasteiger charge is 2.09. The van der Waals surface area contributed by atoms with E-state index in [0.29, 0.717) is 21.4 Å². The predicted octanol–water partition coefficient (Wildman–Crippen LogP) is 6.02. The van der Waals surface area contributed by atoms with Crippen LogP contribution in [0.15, 0.2) is 75.3 Å². The Morgan fingerprint density at radius 3 is 2.69 bits per heavy atom. The number of nitrogens with one attached hydrogen (secondary N) is 1. The number of hydrogen-bond acceptors (Lipinski definition) is 4. The first-order chi connectivity index (χ1) is 12.7. The number of allylic oxidation sites excluding steroid dienone is 1. The minimum absolute atomic E-state index is 0.510. The molecule has 0 unspecified atom stereocenters. The molecule has 0 aliphatic carbocycles. The predicted molar refractivity (Wildman–Crippen MR) is 104 cm³/mol. The Morgan fingerprint density at radius 1 is 1.12 bits per heavy atom. The molecule has 4 nitrogen and oxygen atoms in total. The van der Waals surface area contributed by atoms with Gasteiger partial charge in [0.15, 0.2) is 10.2 Å². The van der Waals surface area contributed by atoms with E-state index >= 15 is 0 Å². The summed E-state index contributed by atoms with van der Waals surface area (Å²) < 4.78 is 5.81. The first-order valence-electron chi connectivity index (χ1n) is 7.81. The standard InChI is InChI=1S/C20H12ClN3OS/c21-15-7-5-13(6-8-15)14(12-22)11-16-9-10-19(25-16)26-20-23-17-3-1-2-4-18(17)24-20/h1-11H,(H,23,24)/b14-11-. The maximum absolute atomic E-state index is 9.42. The third-order valence-electron chi connectivity index (χ3n) is 3.73. The average Bonchev–Trinajstić information content (AvgIpc) is 3.26. The normalized spacial score (nSPS) is 11.6. The number of aromatic amines is 1. The second kappa shape index (κ2) is 7.12. The van der Waals surface area contributed by atoms with Crippen molar-refractivity contribution in [1.29, 1.82) is 5.26 Å².